The van der Waals surface area contributed by atoms with Crippen LogP contribution in [-0.4, -0.2) is 71.5 Å². The Balaban J connectivity index is 2.13. The van der Waals surface area contributed by atoms with Crippen molar-refractivity contribution in [2.24, 2.45) is 0 Å². The van der Waals surface area contributed by atoms with Crippen LogP contribution in [0.2, 0.25) is 0 Å². The molecular weight excluding hydrogens is 422 g/mol. The topological polar surface area (TPSA) is 92.2 Å². The summed E-state index contributed by atoms with van der Waals surface area (Å²) in [5, 5.41) is 11.1. The zero-order valence-electron chi connectivity index (χ0n) is 19.6. The molecule has 8 nitrogen and oxygen atoms in total. The molecule has 1 amide bonds. The third-order valence-electron chi connectivity index (χ3n) is 5.85. The number of rotatable bonds is 10. The van der Waals surface area contributed by atoms with E-state index in [1.165, 1.54) is 24.4 Å². The maximum atomic E-state index is 13.1. The lowest BCUT2D eigenvalue weighted by Crippen LogP contribution is -2.38. The number of pyridine rings is 1. The normalized spacial score (nSPS) is 17.6. The molecule has 1 aromatic heterocycles. The summed E-state index contributed by atoms with van der Waals surface area (Å²) in [7, 11) is 1.54. The van der Waals surface area contributed by atoms with Gasteiger partial charge < -0.3 is 24.4 Å². The van der Waals surface area contributed by atoms with E-state index in [0.717, 1.165) is 13.1 Å². The number of aromatic nitrogens is 1. The van der Waals surface area contributed by atoms with Gasteiger partial charge in [-0.3, -0.25) is 14.6 Å². The first kappa shape index (κ1) is 24.3. The van der Waals surface area contributed by atoms with Crippen molar-refractivity contribution in [3.8, 4) is 11.5 Å². The smallest absolute Gasteiger partial charge is 0.295 e. The van der Waals surface area contributed by atoms with E-state index in [9.17, 15) is 14.7 Å². The molecule has 1 atom stereocenters. The molecule has 0 spiro atoms. The molecule has 0 aliphatic carbocycles. The summed E-state index contributed by atoms with van der Waals surface area (Å²) in [6, 6.07) is 7.77. The molecule has 8 heteroatoms. The van der Waals surface area contributed by atoms with Crippen LogP contribution < -0.4 is 9.47 Å². The minimum atomic E-state index is -0.752. The van der Waals surface area contributed by atoms with Crippen molar-refractivity contribution in [1.29, 1.82) is 0 Å². The van der Waals surface area contributed by atoms with Gasteiger partial charge in [0.25, 0.3) is 11.7 Å². The minimum absolute atomic E-state index is 0.0527. The number of ketones is 1. The highest BCUT2D eigenvalue weighted by Crippen LogP contribution is 2.41. The highest BCUT2D eigenvalue weighted by molar-refractivity contribution is 6.46. The van der Waals surface area contributed by atoms with Crippen LogP contribution in [0, 0.1) is 0 Å². The van der Waals surface area contributed by atoms with Crippen LogP contribution in [0.4, 0.5) is 0 Å². The first-order chi connectivity index (χ1) is 16.0. The Labute approximate surface area is 194 Å². The molecular formula is C25H31N3O5. The second kappa shape index (κ2) is 11.0. The molecule has 1 aliphatic heterocycles. The minimum Gasteiger partial charge on any atom is -0.507 e. The van der Waals surface area contributed by atoms with Gasteiger partial charge in [-0.1, -0.05) is 19.9 Å². The summed E-state index contributed by atoms with van der Waals surface area (Å²) in [5.74, 6) is -0.498. The fourth-order valence-corrected chi connectivity index (χ4v) is 4.04. The lowest BCUT2D eigenvalue weighted by molar-refractivity contribution is -0.140. The molecule has 0 saturated carbocycles. The van der Waals surface area contributed by atoms with Gasteiger partial charge >= 0.3 is 0 Å². The second-order valence-corrected chi connectivity index (χ2v) is 7.60. The maximum Gasteiger partial charge on any atom is 0.295 e. The van der Waals surface area contributed by atoms with E-state index >= 15 is 0 Å². The Morgan fingerprint density at radius 3 is 2.39 bits per heavy atom. The SMILES string of the molecule is CCOc1ccc(C2C(=C(O)c3ccncc3)C(=O)C(=O)N2CCN(CC)CC)cc1OC. The maximum absolute atomic E-state index is 13.1. The van der Waals surface area contributed by atoms with E-state index in [-0.39, 0.29) is 11.3 Å². The number of aliphatic hydroxyl groups excluding tert-OH is 1. The molecule has 3 rings (SSSR count). The summed E-state index contributed by atoms with van der Waals surface area (Å²) in [4.78, 5) is 33.9. The average Bonchev–Trinajstić information content (AvgIpc) is 3.10. The summed E-state index contributed by atoms with van der Waals surface area (Å²) >= 11 is 0. The number of carbonyl (C=O) groups is 2. The number of aliphatic hydroxyl groups is 1. The van der Waals surface area contributed by atoms with Gasteiger partial charge in [-0.2, -0.15) is 0 Å². The second-order valence-electron chi connectivity index (χ2n) is 7.60. The van der Waals surface area contributed by atoms with Crippen molar-refractivity contribution in [3.05, 3.63) is 59.4 Å². The Hall–Kier alpha value is -3.39. The lowest BCUT2D eigenvalue weighted by Gasteiger charge is -2.28. The summed E-state index contributed by atoms with van der Waals surface area (Å²) in [5.41, 5.74) is 1.14. The lowest BCUT2D eigenvalue weighted by atomic mass is 9.95. The van der Waals surface area contributed by atoms with Gasteiger partial charge in [0.1, 0.15) is 5.76 Å². The van der Waals surface area contributed by atoms with Gasteiger partial charge in [0, 0.05) is 31.0 Å². The van der Waals surface area contributed by atoms with Crippen LogP contribution in [-0.2, 0) is 9.59 Å². The van der Waals surface area contributed by atoms with Crippen LogP contribution in [0.25, 0.3) is 5.76 Å². The number of benzene rings is 1. The van der Waals surface area contributed by atoms with Gasteiger partial charge in [0.15, 0.2) is 11.5 Å². The molecule has 1 fully saturated rings. The van der Waals surface area contributed by atoms with Gasteiger partial charge in [0.2, 0.25) is 0 Å². The van der Waals surface area contributed by atoms with E-state index < -0.39 is 17.7 Å². The summed E-state index contributed by atoms with van der Waals surface area (Å²) in [6.45, 7) is 9.08. The van der Waals surface area contributed by atoms with Crippen molar-refractivity contribution in [2.45, 2.75) is 26.8 Å². The Morgan fingerprint density at radius 1 is 1.09 bits per heavy atom. The summed E-state index contributed by atoms with van der Waals surface area (Å²) < 4.78 is 11.1. The van der Waals surface area contributed by atoms with Gasteiger partial charge in [-0.15, -0.1) is 0 Å². The Bertz CT molecular complexity index is 1020. The van der Waals surface area contributed by atoms with Crippen molar-refractivity contribution in [3.63, 3.8) is 0 Å². The molecule has 1 saturated heterocycles. The van der Waals surface area contributed by atoms with E-state index in [0.29, 0.717) is 42.3 Å². The number of methoxy groups -OCH3 is 1. The van der Waals surface area contributed by atoms with E-state index in [2.05, 4.69) is 23.7 Å². The monoisotopic (exact) mass is 453 g/mol. The van der Waals surface area contributed by atoms with Crippen LogP contribution in [0.1, 0.15) is 37.9 Å². The quantitative estimate of drug-likeness (QED) is 0.335. The van der Waals surface area contributed by atoms with Crippen molar-refractivity contribution < 1.29 is 24.2 Å². The summed E-state index contributed by atoms with van der Waals surface area (Å²) in [6.07, 6.45) is 3.06. The number of nitrogens with zero attached hydrogens (tertiary/aromatic N) is 3. The number of Topliss-reactive ketones (excluding diaryl/α,β-unsaturated/α-hetero) is 1. The number of amides is 1. The molecule has 176 valence electrons. The van der Waals surface area contributed by atoms with Gasteiger partial charge in [0.05, 0.1) is 25.3 Å². The Kier molecular flexibility index (Phi) is 8.06. The van der Waals surface area contributed by atoms with Crippen molar-refractivity contribution >= 4 is 17.4 Å². The molecule has 1 aliphatic rings. The average molecular weight is 454 g/mol. The number of likely N-dealkylation sites (N-methyl/N-ethyl adjacent to an activating group) is 1. The van der Waals surface area contributed by atoms with E-state index in [1.807, 2.05) is 6.92 Å². The molecule has 0 bridgehead atoms. The van der Waals surface area contributed by atoms with Crippen LogP contribution in [0.3, 0.4) is 0 Å². The van der Waals surface area contributed by atoms with Gasteiger partial charge in [-0.25, -0.2) is 0 Å². The highest BCUT2D eigenvalue weighted by Gasteiger charge is 2.46. The van der Waals surface area contributed by atoms with E-state index in [4.69, 9.17) is 9.47 Å². The molecule has 0 radical (unpaired) electrons. The number of carbonyl (C=O) groups excluding carboxylic acids is 2. The molecule has 2 aromatic rings. The van der Waals surface area contributed by atoms with Crippen LogP contribution in [0.15, 0.2) is 48.3 Å². The van der Waals surface area contributed by atoms with Gasteiger partial charge in [-0.05, 0) is 49.8 Å². The standard InChI is InChI=1S/C25H31N3O5/c1-5-27(6-2)14-15-28-22(18-8-9-19(33-7-3)20(16-18)32-4)21(24(30)25(28)31)23(29)17-10-12-26-13-11-17/h8-13,16,22,29H,5-7,14-15H2,1-4H3. The third-order valence-corrected chi connectivity index (χ3v) is 5.85. The van der Waals surface area contributed by atoms with Crippen molar-refractivity contribution in [1.82, 2.24) is 14.8 Å². The fourth-order valence-electron chi connectivity index (χ4n) is 4.04. The third kappa shape index (κ3) is 5.01. The number of hydrogen-bond acceptors (Lipinski definition) is 7. The molecule has 2 heterocycles. The molecule has 1 unspecified atom stereocenters. The number of hydrogen-bond donors (Lipinski definition) is 1. The largest absolute Gasteiger partial charge is 0.507 e. The molecule has 1 aromatic carbocycles. The zero-order valence-corrected chi connectivity index (χ0v) is 19.6. The van der Waals surface area contributed by atoms with E-state index in [1.54, 1.807) is 30.3 Å². The number of ether oxygens (including phenoxy) is 2. The van der Waals surface area contributed by atoms with Crippen molar-refractivity contribution in [2.75, 3.05) is 39.9 Å². The molecule has 33 heavy (non-hydrogen) atoms. The number of likely N-dealkylation sites (tertiary alicyclic amines) is 1. The van der Waals surface area contributed by atoms with Crippen LogP contribution >= 0.6 is 0 Å². The first-order valence-corrected chi connectivity index (χ1v) is 11.2. The zero-order chi connectivity index (χ0) is 24.0. The predicted molar refractivity (Wildman–Crippen MR) is 125 cm³/mol. The molecule has 1 N–H and O–H groups in total. The predicted octanol–water partition coefficient (Wildman–Crippen LogP) is 3.25. The van der Waals surface area contributed by atoms with Crippen LogP contribution in [0.5, 0.6) is 11.5 Å². The first-order valence-electron chi connectivity index (χ1n) is 11.2. The Morgan fingerprint density at radius 2 is 1.79 bits per heavy atom. The highest BCUT2D eigenvalue weighted by atomic mass is 16.5. The fraction of sp³-hybridized carbons (Fsp3) is 0.400.